The number of hydrogen-bond donors (Lipinski definition) is 0. The fourth-order valence-electron chi connectivity index (χ4n) is 4.91. The first-order chi connectivity index (χ1) is 18.4. The van der Waals surface area contributed by atoms with Crippen molar-refractivity contribution in [2.45, 2.75) is 27.7 Å². The molecule has 194 valence electrons. The first kappa shape index (κ1) is 25.3. The summed E-state index contributed by atoms with van der Waals surface area (Å²) in [5.41, 5.74) is 4.09. The van der Waals surface area contributed by atoms with Crippen LogP contribution in [0.25, 0.3) is 44.2 Å². The summed E-state index contributed by atoms with van der Waals surface area (Å²) in [4.78, 5) is 34.7. The van der Waals surface area contributed by atoms with Crippen molar-refractivity contribution in [2.24, 2.45) is 0 Å². The van der Waals surface area contributed by atoms with Crippen molar-refractivity contribution < 1.29 is 8.83 Å². The largest absolute Gasteiger partial charge is 0.422 e. The summed E-state index contributed by atoms with van der Waals surface area (Å²) in [6.07, 6.45) is 3.20. The highest BCUT2D eigenvalue weighted by Gasteiger charge is 2.14. The maximum atomic E-state index is 13.0. The van der Waals surface area contributed by atoms with E-state index >= 15 is 0 Å². The summed E-state index contributed by atoms with van der Waals surface area (Å²) < 4.78 is 11.4. The van der Waals surface area contributed by atoms with E-state index in [-0.39, 0.29) is 0 Å². The fourth-order valence-corrected chi connectivity index (χ4v) is 4.91. The standard InChI is InChI=1S/C31H31N3O4/c1-5-33(6-2)24-11-9-20-14-26(30(35)37-28(20)16-24)22-13-23(19-32-18-22)27-15-21-10-12-25(34(7-3)8-4)17-29(21)38-31(27)36/h9-19H,5-8H2,1-4H3. The molecule has 0 fully saturated rings. The number of fused-ring (bicyclic) bond motifs is 2. The van der Waals surface area contributed by atoms with Gasteiger partial charge in [0.25, 0.3) is 0 Å². The molecule has 0 saturated heterocycles. The van der Waals surface area contributed by atoms with Crippen molar-refractivity contribution in [3.8, 4) is 22.3 Å². The molecule has 0 saturated carbocycles. The van der Waals surface area contributed by atoms with Crippen LogP contribution in [0.5, 0.6) is 0 Å². The summed E-state index contributed by atoms with van der Waals surface area (Å²) in [7, 11) is 0. The van der Waals surface area contributed by atoms with Crippen molar-refractivity contribution in [1.82, 2.24) is 4.98 Å². The van der Waals surface area contributed by atoms with Gasteiger partial charge in [-0.05, 0) is 70.2 Å². The fraction of sp³-hybridized carbons (Fsp3) is 0.258. The number of anilines is 2. The van der Waals surface area contributed by atoms with E-state index in [4.69, 9.17) is 8.83 Å². The van der Waals surface area contributed by atoms with Crippen LogP contribution in [0, 0.1) is 0 Å². The molecule has 38 heavy (non-hydrogen) atoms. The minimum atomic E-state index is -0.456. The van der Waals surface area contributed by atoms with E-state index in [1.807, 2.05) is 48.5 Å². The second kappa shape index (κ2) is 10.5. The van der Waals surface area contributed by atoms with Crippen LogP contribution >= 0.6 is 0 Å². The monoisotopic (exact) mass is 509 g/mol. The van der Waals surface area contributed by atoms with Gasteiger partial charge in [0.05, 0.1) is 11.1 Å². The molecule has 0 atom stereocenters. The molecular weight excluding hydrogens is 478 g/mol. The van der Waals surface area contributed by atoms with Crippen LogP contribution < -0.4 is 21.1 Å². The van der Waals surface area contributed by atoms with Crippen molar-refractivity contribution in [2.75, 3.05) is 36.0 Å². The lowest BCUT2D eigenvalue weighted by atomic mass is 10.0. The topological polar surface area (TPSA) is 79.8 Å². The molecule has 7 heteroatoms. The Hall–Kier alpha value is -4.39. The Bertz CT molecular complexity index is 1610. The van der Waals surface area contributed by atoms with Gasteiger partial charge in [0.15, 0.2) is 0 Å². The van der Waals surface area contributed by atoms with Gasteiger partial charge in [0.1, 0.15) is 11.2 Å². The lowest BCUT2D eigenvalue weighted by molar-refractivity contribution is 0.563. The Kier molecular flexibility index (Phi) is 7.01. The number of nitrogens with zero attached hydrogens (tertiary/aromatic N) is 3. The Morgan fingerprint density at radius 1 is 0.605 bits per heavy atom. The first-order valence-corrected chi connectivity index (χ1v) is 13.1. The number of rotatable bonds is 8. The van der Waals surface area contributed by atoms with E-state index in [1.165, 1.54) is 0 Å². The SMILES string of the molecule is CCN(CC)c1ccc2cc(-c3cncc(-c4cc5ccc(N(CC)CC)cc5oc4=O)c3)c(=O)oc2c1. The Balaban J connectivity index is 1.54. The van der Waals surface area contributed by atoms with Crippen molar-refractivity contribution in [1.29, 1.82) is 0 Å². The summed E-state index contributed by atoms with van der Waals surface area (Å²) >= 11 is 0. The van der Waals surface area contributed by atoms with Gasteiger partial charge < -0.3 is 18.6 Å². The molecular formula is C31H31N3O4. The Morgan fingerprint density at radius 2 is 1.03 bits per heavy atom. The van der Waals surface area contributed by atoms with Crippen LogP contribution in [0.3, 0.4) is 0 Å². The molecule has 0 spiro atoms. The minimum Gasteiger partial charge on any atom is -0.422 e. The van der Waals surface area contributed by atoms with Crippen LogP contribution in [0.1, 0.15) is 27.7 Å². The zero-order chi connectivity index (χ0) is 26.8. The van der Waals surface area contributed by atoms with Crippen LogP contribution in [0.4, 0.5) is 11.4 Å². The summed E-state index contributed by atoms with van der Waals surface area (Å²) in [5.74, 6) is 0. The molecule has 3 heterocycles. The van der Waals surface area contributed by atoms with Gasteiger partial charge in [-0.3, -0.25) is 4.98 Å². The van der Waals surface area contributed by atoms with Crippen LogP contribution in [-0.4, -0.2) is 31.2 Å². The minimum absolute atomic E-state index is 0.386. The molecule has 5 rings (SSSR count). The van der Waals surface area contributed by atoms with Crippen molar-refractivity contribution >= 4 is 33.3 Å². The number of benzene rings is 2. The van der Waals surface area contributed by atoms with Gasteiger partial charge >= 0.3 is 11.3 Å². The molecule has 2 aromatic carbocycles. The second-order valence-electron chi connectivity index (χ2n) is 9.15. The van der Waals surface area contributed by atoms with Gasteiger partial charge in [0, 0.05) is 84.0 Å². The number of aromatic nitrogens is 1. The molecule has 0 radical (unpaired) electrons. The number of pyridine rings is 1. The summed E-state index contributed by atoms with van der Waals surface area (Å²) in [6, 6.07) is 17.2. The van der Waals surface area contributed by atoms with Gasteiger partial charge in [-0.1, -0.05) is 0 Å². The predicted molar refractivity (Wildman–Crippen MR) is 154 cm³/mol. The molecule has 5 aromatic rings. The highest BCUT2D eigenvalue weighted by Crippen LogP contribution is 2.29. The smallest absolute Gasteiger partial charge is 0.344 e. The maximum absolute atomic E-state index is 13.0. The molecule has 0 aliphatic carbocycles. The van der Waals surface area contributed by atoms with E-state index < -0.39 is 11.3 Å². The Morgan fingerprint density at radius 3 is 1.42 bits per heavy atom. The van der Waals surface area contributed by atoms with Gasteiger partial charge in [-0.2, -0.15) is 0 Å². The van der Waals surface area contributed by atoms with E-state index in [2.05, 4.69) is 42.5 Å². The highest BCUT2D eigenvalue weighted by atomic mass is 16.4. The normalized spacial score (nSPS) is 11.3. The van der Waals surface area contributed by atoms with E-state index in [0.29, 0.717) is 33.4 Å². The van der Waals surface area contributed by atoms with Crippen LogP contribution in [0.15, 0.2) is 85.4 Å². The molecule has 0 amide bonds. The maximum Gasteiger partial charge on any atom is 0.344 e. The molecule has 3 aromatic heterocycles. The van der Waals surface area contributed by atoms with Gasteiger partial charge in [0.2, 0.25) is 0 Å². The number of hydrogen-bond acceptors (Lipinski definition) is 7. The average molecular weight is 510 g/mol. The molecule has 0 aliphatic heterocycles. The third kappa shape index (κ3) is 4.67. The van der Waals surface area contributed by atoms with E-state index in [1.54, 1.807) is 18.5 Å². The van der Waals surface area contributed by atoms with Crippen molar-refractivity contribution in [3.63, 3.8) is 0 Å². The van der Waals surface area contributed by atoms with Crippen molar-refractivity contribution in [3.05, 3.63) is 87.8 Å². The third-order valence-electron chi connectivity index (χ3n) is 7.06. The molecule has 0 aliphatic rings. The second-order valence-corrected chi connectivity index (χ2v) is 9.15. The van der Waals surface area contributed by atoms with Gasteiger partial charge in [-0.25, -0.2) is 9.59 Å². The van der Waals surface area contributed by atoms with Crippen LogP contribution in [-0.2, 0) is 0 Å². The summed E-state index contributed by atoms with van der Waals surface area (Å²) in [6.45, 7) is 11.8. The first-order valence-electron chi connectivity index (χ1n) is 13.1. The lowest BCUT2D eigenvalue weighted by Gasteiger charge is -2.21. The summed E-state index contributed by atoms with van der Waals surface area (Å²) in [5, 5.41) is 1.63. The van der Waals surface area contributed by atoms with Gasteiger partial charge in [-0.15, -0.1) is 0 Å². The lowest BCUT2D eigenvalue weighted by Crippen LogP contribution is -2.21. The molecule has 7 nitrogen and oxygen atoms in total. The predicted octanol–water partition coefficient (Wildman–Crippen LogP) is 6.32. The zero-order valence-electron chi connectivity index (χ0n) is 22.2. The Labute approximate surface area is 221 Å². The zero-order valence-corrected chi connectivity index (χ0v) is 22.2. The molecule has 0 bridgehead atoms. The molecule has 0 N–H and O–H groups in total. The quantitative estimate of drug-likeness (QED) is 0.226. The van der Waals surface area contributed by atoms with E-state index in [9.17, 15) is 9.59 Å². The van der Waals surface area contributed by atoms with E-state index in [0.717, 1.165) is 48.3 Å². The molecule has 0 unspecified atom stereocenters. The van der Waals surface area contributed by atoms with Crippen LogP contribution in [0.2, 0.25) is 0 Å². The third-order valence-corrected chi connectivity index (χ3v) is 7.06. The average Bonchev–Trinajstić information content (AvgIpc) is 2.93. The highest BCUT2D eigenvalue weighted by molar-refractivity contribution is 5.87.